The lowest BCUT2D eigenvalue weighted by atomic mass is 9.97. The first-order valence-corrected chi connectivity index (χ1v) is 9.49. The van der Waals surface area contributed by atoms with Gasteiger partial charge >= 0.3 is 12.5 Å². The molecule has 0 fully saturated rings. The smallest absolute Gasteiger partial charge is 0.444 e. The summed E-state index contributed by atoms with van der Waals surface area (Å²) in [5.74, 6) is -0.314. The fourth-order valence-electron chi connectivity index (χ4n) is 3.03. The Morgan fingerprint density at radius 3 is 2.23 bits per heavy atom. The number of aromatic nitrogens is 2. The second-order valence-corrected chi connectivity index (χ2v) is 7.89. The fraction of sp³-hybridized carbons (Fsp3) is 0.318. The second kappa shape index (κ2) is 8.41. The average Bonchev–Trinajstić information content (AvgIpc) is 2.66. The molecule has 0 saturated heterocycles. The number of alkyl halides is 3. The Labute approximate surface area is 177 Å². The van der Waals surface area contributed by atoms with E-state index in [1.807, 2.05) is 13.0 Å². The summed E-state index contributed by atoms with van der Waals surface area (Å²) >= 11 is 0. The van der Waals surface area contributed by atoms with Crippen LogP contribution in [0.2, 0.25) is 0 Å². The fourth-order valence-corrected chi connectivity index (χ4v) is 3.03. The first-order valence-electron chi connectivity index (χ1n) is 9.49. The number of carbonyl (C=O) groups is 1. The molecular weight excluding hydrogens is 411 g/mol. The molecule has 0 saturated carbocycles. The Morgan fingerprint density at radius 1 is 1.03 bits per heavy atom. The van der Waals surface area contributed by atoms with Crippen molar-refractivity contribution in [3.05, 3.63) is 53.9 Å². The van der Waals surface area contributed by atoms with Crippen molar-refractivity contribution in [2.24, 2.45) is 0 Å². The number of nitrogens with one attached hydrogen (secondary N) is 1. The zero-order valence-electron chi connectivity index (χ0n) is 17.5. The number of hydrogen-bond donors (Lipinski definition) is 1. The molecule has 1 amide bonds. The Bertz CT molecular complexity index is 1090. The van der Waals surface area contributed by atoms with Crippen molar-refractivity contribution in [1.29, 1.82) is 0 Å². The Hall–Kier alpha value is -3.36. The number of aryl methyl sites for hydroxylation is 1. The summed E-state index contributed by atoms with van der Waals surface area (Å²) in [6.45, 7) is 7.37. The summed E-state index contributed by atoms with van der Waals surface area (Å²) in [6.07, 6.45) is -2.21. The van der Waals surface area contributed by atoms with Crippen molar-refractivity contribution >= 4 is 17.1 Å². The zero-order chi connectivity index (χ0) is 22.8. The number of fused-ring (bicyclic) bond motifs is 1. The van der Waals surface area contributed by atoms with Crippen LogP contribution in [0.25, 0.3) is 22.2 Å². The van der Waals surface area contributed by atoms with Crippen LogP contribution in [0.3, 0.4) is 0 Å². The number of amides is 1. The molecule has 0 aliphatic heterocycles. The van der Waals surface area contributed by atoms with E-state index in [0.29, 0.717) is 22.2 Å². The summed E-state index contributed by atoms with van der Waals surface area (Å²) < 4.78 is 46.5. The predicted molar refractivity (Wildman–Crippen MR) is 109 cm³/mol. The molecule has 1 aromatic heterocycles. The number of alkyl carbamates (subject to hydrolysis) is 1. The third kappa shape index (κ3) is 5.84. The summed E-state index contributed by atoms with van der Waals surface area (Å²) in [5.41, 5.74) is 3.54. The van der Waals surface area contributed by atoms with E-state index in [2.05, 4.69) is 20.0 Å². The van der Waals surface area contributed by atoms with Gasteiger partial charge in [0.15, 0.2) is 0 Å². The van der Waals surface area contributed by atoms with E-state index in [-0.39, 0.29) is 12.3 Å². The first kappa shape index (κ1) is 22.3. The van der Waals surface area contributed by atoms with Gasteiger partial charge in [-0.25, -0.2) is 4.79 Å². The summed E-state index contributed by atoms with van der Waals surface area (Å²) in [7, 11) is 0. The Balaban J connectivity index is 1.96. The highest BCUT2D eigenvalue weighted by Crippen LogP contribution is 2.32. The van der Waals surface area contributed by atoms with Crippen molar-refractivity contribution in [3.63, 3.8) is 0 Å². The lowest BCUT2D eigenvalue weighted by Crippen LogP contribution is -2.32. The van der Waals surface area contributed by atoms with Crippen molar-refractivity contribution in [2.45, 2.75) is 46.2 Å². The van der Waals surface area contributed by atoms with E-state index in [1.54, 1.807) is 33.2 Å². The van der Waals surface area contributed by atoms with E-state index in [4.69, 9.17) is 4.74 Å². The van der Waals surface area contributed by atoms with Crippen LogP contribution in [0.5, 0.6) is 5.75 Å². The van der Waals surface area contributed by atoms with Crippen LogP contribution < -0.4 is 10.1 Å². The second-order valence-electron chi connectivity index (χ2n) is 7.89. The normalized spacial score (nSPS) is 12.0. The van der Waals surface area contributed by atoms with Gasteiger partial charge in [-0.05, 0) is 62.6 Å². The maximum atomic E-state index is 12.4. The van der Waals surface area contributed by atoms with E-state index in [9.17, 15) is 18.0 Å². The van der Waals surface area contributed by atoms with Gasteiger partial charge < -0.3 is 14.8 Å². The molecule has 2 aromatic carbocycles. The molecule has 0 spiro atoms. The van der Waals surface area contributed by atoms with Crippen molar-refractivity contribution in [1.82, 2.24) is 15.3 Å². The molecule has 0 aliphatic carbocycles. The van der Waals surface area contributed by atoms with Gasteiger partial charge in [-0.2, -0.15) is 0 Å². The Morgan fingerprint density at radius 2 is 1.65 bits per heavy atom. The number of carbonyl (C=O) groups excluding carboxylic acids is 1. The van der Waals surface area contributed by atoms with Crippen LogP contribution in [-0.4, -0.2) is 28.0 Å². The van der Waals surface area contributed by atoms with Gasteiger partial charge in [0, 0.05) is 24.5 Å². The standard InChI is InChI=1S/C22H22F3N3O3/c1-13-15(12-28-20(29)31-21(2,3)4)11-17(19-18(13)26-9-10-27-19)14-5-7-16(8-6-14)30-22(23,24)25/h5-11H,12H2,1-4H3,(H,28,29). The molecule has 0 radical (unpaired) electrons. The van der Waals surface area contributed by atoms with E-state index >= 15 is 0 Å². The zero-order valence-corrected chi connectivity index (χ0v) is 17.5. The van der Waals surface area contributed by atoms with Crippen LogP contribution in [0, 0.1) is 6.92 Å². The number of halogens is 3. The highest BCUT2D eigenvalue weighted by molar-refractivity contribution is 5.94. The van der Waals surface area contributed by atoms with Gasteiger partial charge in [0.1, 0.15) is 11.4 Å². The van der Waals surface area contributed by atoms with Crippen LogP contribution in [0.1, 0.15) is 31.9 Å². The van der Waals surface area contributed by atoms with Gasteiger partial charge in [-0.15, -0.1) is 13.2 Å². The molecule has 9 heteroatoms. The summed E-state index contributed by atoms with van der Waals surface area (Å²) in [4.78, 5) is 20.8. The summed E-state index contributed by atoms with van der Waals surface area (Å²) in [5, 5.41) is 2.72. The molecule has 31 heavy (non-hydrogen) atoms. The minimum Gasteiger partial charge on any atom is -0.444 e. The van der Waals surface area contributed by atoms with E-state index in [0.717, 1.165) is 11.1 Å². The SMILES string of the molecule is Cc1c(CNC(=O)OC(C)(C)C)cc(-c2ccc(OC(F)(F)F)cc2)c2nccnc12. The number of hydrogen-bond acceptors (Lipinski definition) is 5. The molecule has 3 rings (SSSR count). The van der Waals surface area contributed by atoms with Gasteiger partial charge in [-0.3, -0.25) is 9.97 Å². The monoisotopic (exact) mass is 433 g/mol. The third-order valence-electron chi connectivity index (χ3n) is 4.33. The molecule has 0 aliphatic rings. The van der Waals surface area contributed by atoms with Crippen LogP contribution in [-0.2, 0) is 11.3 Å². The molecule has 1 heterocycles. The quantitative estimate of drug-likeness (QED) is 0.586. The van der Waals surface area contributed by atoms with Crippen LogP contribution >= 0.6 is 0 Å². The Kier molecular flexibility index (Phi) is 6.06. The molecule has 3 aromatic rings. The van der Waals surface area contributed by atoms with Crippen molar-refractivity contribution < 1.29 is 27.4 Å². The minimum absolute atomic E-state index is 0.190. The number of nitrogens with zero attached hydrogens (tertiary/aromatic N) is 2. The van der Waals surface area contributed by atoms with E-state index < -0.39 is 18.1 Å². The van der Waals surface area contributed by atoms with Crippen LogP contribution in [0.4, 0.5) is 18.0 Å². The minimum atomic E-state index is -4.76. The molecule has 164 valence electrons. The van der Waals surface area contributed by atoms with Gasteiger partial charge in [0.25, 0.3) is 0 Å². The van der Waals surface area contributed by atoms with Gasteiger partial charge in [0.05, 0.1) is 11.0 Å². The first-order chi connectivity index (χ1) is 14.4. The molecule has 6 nitrogen and oxygen atoms in total. The molecule has 0 bridgehead atoms. The molecule has 0 atom stereocenters. The van der Waals surface area contributed by atoms with Crippen LogP contribution in [0.15, 0.2) is 42.7 Å². The van der Waals surface area contributed by atoms with Crippen molar-refractivity contribution in [3.8, 4) is 16.9 Å². The predicted octanol–water partition coefficient (Wildman–Crippen LogP) is 5.53. The third-order valence-corrected chi connectivity index (χ3v) is 4.33. The highest BCUT2D eigenvalue weighted by Gasteiger charge is 2.31. The molecular formula is C22H22F3N3O3. The number of benzene rings is 2. The molecule has 1 N–H and O–H groups in total. The van der Waals surface area contributed by atoms with Gasteiger partial charge in [-0.1, -0.05) is 12.1 Å². The largest absolute Gasteiger partial charge is 0.573 e. The highest BCUT2D eigenvalue weighted by atomic mass is 19.4. The van der Waals surface area contributed by atoms with Gasteiger partial charge in [0.2, 0.25) is 0 Å². The van der Waals surface area contributed by atoms with E-state index in [1.165, 1.54) is 24.3 Å². The maximum absolute atomic E-state index is 12.4. The molecule has 0 unspecified atom stereocenters. The van der Waals surface area contributed by atoms with Crippen molar-refractivity contribution in [2.75, 3.05) is 0 Å². The number of ether oxygens (including phenoxy) is 2. The lowest BCUT2D eigenvalue weighted by molar-refractivity contribution is -0.274. The summed E-state index contributed by atoms with van der Waals surface area (Å²) in [6, 6.07) is 7.35. The number of rotatable bonds is 4. The lowest BCUT2D eigenvalue weighted by Gasteiger charge is -2.20. The topological polar surface area (TPSA) is 73.3 Å². The maximum Gasteiger partial charge on any atom is 0.573 e. The average molecular weight is 433 g/mol.